The van der Waals surface area contributed by atoms with E-state index in [9.17, 15) is 15.0 Å². The number of aromatic hydroxyl groups is 1. The Morgan fingerprint density at radius 1 is 1.08 bits per heavy atom. The van der Waals surface area contributed by atoms with E-state index in [1.165, 1.54) is 5.56 Å². The molecule has 0 aromatic heterocycles. The van der Waals surface area contributed by atoms with Crippen molar-refractivity contribution in [1.29, 1.82) is 0 Å². The minimum atomic E-state index is -0.239. The second-order valence-electron chi connectivity index (χ2n) is 6.57. The molecule has 0 unspecified atom stereocenters. The van der Waals surface area contributed by atoms with Crippen LogP contribution in [0, 0.1) is 5.92 Å². The number of anilines is 1. The van der Waals surface area contributed by atoms with Gasteiger partial charge in [0.25, 0.3) is 5.91 Å². The van der Waals surface area contributed by atoms with Gasteiger partial charge in [-0.15, -0.1) is 0 Å². The number of likely N-dealkylation sites (tertiary alicyclic amines) is 1. The highest BCUT2D eigenvalue weighted by atomic mass is 16.3. The van der Waals surface area contributed by atoms with Crippen LogP contribution in [0.2, 0.25) is 0 Å². The monoisotopic (exact) mass is 340 g/mol. The molecule has 2 aromatic rings. The van der Waals surface area contributed by atoms with Crippen LogP contribution in [0.4, 0.5) is 5.69 Å². The van der Waals surface area contributed by atoms with Crippen molar-refractivity contribution < 1.29 is 15.0 Å². The fourth-order valence-corrected chi connectivity index (χ4v) is 3.12. The first-order chi connectivity index (χ1) is 12.2. The SMILES string of the molecule is O=C(Nc1ccccc1O)c1ccc(CN2CCC(CO)CC2)cc1. The van der Waals surface area contributed by atoms with Gasteiger partial charge in [0.2, 0.25) is 0 Å². The second-order valence-corrected chi connectivity index (χ2v) is 6.57. The van der Waals surface area contributed by atoms with Gasteiger partial charge >= 0.3 is 0 Å². The Morgan fingerprint density at radius 3 is 2.40 bits per heavy atom. The van der Waals surface area contributed by atoms with Crippen LogP contribution in [0.15, 0.2) is 48.5 Å². The van der Waals surface area contributed by atoms with E-state index in [1.54, 1.807) is 24.3 Å². The Bertz CT molecular complexity index is 707. The molecule has 2 aromatic carbocycles. The predicted molar refractivity (Wildman–Crippen MR) is 97.6 cm³/mol. The quantitative estimate of drug-likeness (QED) is 0.732. The maximum Gasteiger partial charge on any atom is 0.255 e. The normalized spacial score (nSPS) is 15.9. The number of rotatable bonds is 5. The van der Waals surface area contributed by atoms with Crippen LogP contribution < -0.4 is 5.32 Å². The second kappa shape index (κ2) is 8.14. The number of hydrogen-bond donors (Lipinski definition) is 3. The summed E-state index contributed by atoms with van der Waals surface area (Å²) in [5, 5.41) is 21.6. The molecule has 0 radical (unpaired) electrons. The Labute approximate surface area is 147 Å². The summed E-state index contributed by atoms with van der Waals surface area (Å²) < 4.78 is 0. The van der Waals surface area contributed by atoms with Crippen molar-refractivity contribution in [2.75, 3.05) is 25.0 Å². The summed E-state index contributed by atoms with van der Waals surface area (Å²) in [5.41, 5.74) is 2.14. The first-order valence-corrected chi connectivity index (χ1v) is 8.67. The molecular weight excluding hydrogens is 316 g/mol. The molecule has 1 heterocycles. The average molecular weight is 340 g/mol. The van der Waals surface area contributed by atoms with Gasteiger partial charge in [0.05, 0.1) is 5.69 Å². The largest absolute Gasteiger partial charge is 0.506 e. The van der Waals surface area contributed by atoms with Crippen LogP contribution in [0.25, 0.3) is 0 Å². The van der Waals surface area contributed by atoms with E-state index in [0.717, 1.165) is 32.5 Å². The molecule has 1 aliphatic rings. The van der Waals surface area contributed by atoms with Gasteiger partial charge in [-0.3, -0.25) is 9.69 Å². The van der Waals surface area contributed by atoms with Crippen molar-refractivity contribution in [3.63, 3.8) is 0 Å². The Hall–Kier alpha value is -2.37. The summed E-state index contributed by atoms with van der Waals surface area (Å²) in [6.45, 7) is 3.15. The van der Waals surface area contributed by atoms with Crippen molar-refractivity contribution in [3.8, 4) is 5.75 Å². The maximum absolute atomic E-state index is 12.3. The lowest BCUT2D eigenvalue weighted by molar-refractivity contribution is 0.102. The van der Waals surface area contributed by atoms with Crippen LogP contribution in [0.3, 0.4) is 0 Å². The smallest absolute Gasteiger partial charge is 0.255 e. The minimum Gasteiger partial charge on any atom is -0.506 e. The number of nitrogens with zero attached hydrogens (tertiary/aromatic N) is 1. The van der Waals surface area contributed by atoms with E-state index < -0.39 is 0 Å². The number of nitrogens with one attached hydrogen (secondary N) is 1. The Balaban J connectivity index is 1.57. The third kappa shape index (κ3) is 4.59. The van der Waals surface area contributed by atoms with Crippen LogP contribution in [-0.4, -0.2) is 40.7 Å². The maximum atomic E-state index is 12.3. The van der Waals surface area contributed by atoms with Crippen LogP contribution in [0.1, 0.15) is 28.8 Å². The van der Waals surface area contributed by atoms with Gasteiger partial charge in [-0.25, -0.2) is 0 Å². The van der Waals surface area contributed by atoms with Crippen molar-refractivity contribution in [2.24, 2.45) is 5.92 Å². The van der Waals surface area contributed by atoms with Crippen molar-refractivity contribution >= 4 is 11.6 Å². The van der Waals surface area contributed by atoms with Gasteiger partial charge in [-0.2, -0.15) is 0 Å². The number of benzene rings is 2. The highest BCUT2D eigenvalue weighted by Crippen LogP contribution is 2.22. The van der Waals surface area contributed by atoms with E-state index >= 15 is 0 Å². The number of carbonyl (C=O) groups is 1. The number of aliphatic hydroxyl groups excluding tert-OH is 1. The van der Waals surface area contributed by atoms with Crippen LogP contribution in [0.5, 0.6) is 5.75 Å². The molecule has 0 bridgehead atoms. The van der Waals surface area contributed by atoms with E-state index in [2.05, 4.69) is 10.2 Å². The summed E-state index contributed by atoms with van der Waals surface area (Å²) in [6, 6.07) is 14.2. The fourth-order valence-electron chi connectivity index (χ4n) is 3.12. The molecule has 1 aliphatic heterocycles. The van der Waals surface area contributed by atoms with Crippen molar-refractivity contribution in [1.82, 2.24) is 4.90 Å². The number of para-hydroxylation sites is 2. The minimum absolute atomic E-state index is 0.0544. The summed E-state index contributed by atoms with van der Waals surface area (Å²) in [7, 11) is 0. The fraction of sp³-hybridized carbons (Fsp3) is 0.350. The van der Waals surface area contributed by atoms with Crippen LogP contribution in [-0.2, 0) is 6.54 Å². The summed E-state index contributed by atoms with van der Waals surface area (Å²) in [4.78, 5) is 14.7. The zero-order valence-electron chi connectivity index (χ0n) is 14.2. The Morgan fingerprint density at radius 2 is 1.76 bits per heavy atom. The van der Waals surface area contributed by atoms with Crippen molar-refractivity contribution in [2.45, 2.75) is 19.4 Å². The van der Waals surface area contributed by atoms with Gasteiger partial charge in [0.15, 0.2) is 0 Å². The number of hydrogen-bond acceptors (Lipinski definition) is 4. The zero-order valence-corrected chi connectivity index (χ0v) is 14.2. The number of piperidine rings is 1. The average Bonchev–Trinajstić information content (AvgIpc) is 2.65. The number of phenols is 1. The van der Waals surface area contributed by atoms with Crippen LogP contribution >= 0.6 is 0 Å². The van der Waals surface area contributed by atoms with Crippen molar-refractivity contribution in [3.05, 3.63) is 59.7 Å². The third-order valence-electron chi connectivity index (χ3n) is 4.74. The van der Waals surface area contributed by atoms with E-state index in [4.69, 9.17) is 0 Å². The van der Waals surface area contributed by atoms with Gasteiger partial charge in [0, 0.05) is 18.7 Å². The van der Waals surface area contributed by atoms with Gasteiger partial charge in [0.1, 0.15) is 5.75 Å². The lowest BCUT2D eigenvalue weighted by atomic mass is 9.97. The molecule has 0 spiro atoms. The number of carbonyl (C=O) groups excluding carboxylic acids is 1. The zero-order chi connectivity index (χ0) is 17.6. The molecule has 1 amide bonds. The molecule has 132 valence electrons. The predicted octanol–water partition coefficient (Wildman–Crippen LogP) is 2.85. The molecular formula is C20H24N2O3. The molecule has 3 N–H and O–H groups in total. The topological polar surface area (TPSA) is 72.8 Å². The number of amides is 1. The lowest BCUT2D eigenvalue weighted by Gasteiger charge is -2.31. The van der Waals surface area contributed by atoms with E-state index in [-0.39, 0.29) is 18.3 Å². The lowest BCUT2D eigenvalue weighted by Crippen LogP contribution is -2.34. The summed E-state index contributed by atoms with van der Waals surface area (Å²) in [6.07, 6.45) is 2.08. The first kappa shape index (κ1) is 17.5. The molecule has 3 rings (SSSR count). The highest BCUT2D eigenvalue weighted by Gasteiger charge is 2.18. The van der Waals surface area contributed by atoms with E-state index in [0.29, 0.717) is 17.2 Å². The Kier molecular flexibility index (Phi) is 5.68. The molecule has 25 heavy (non-hydrogen) atoms. The molecule has 5 nitrogen and oxygen atoms in total. The molecule has 1 fully saturated rings. The number of phenolic OH excluding ortho intramolecular Hbond substituents is 1. The van der Waals surface area contributed by atoms with E-state index in [1.807, 2.05) is 24.3 Å². The highest BCUT2D eigenvalue weighted by molar-refractivity contribution is 6.04. The molecule has 1 saturated heterocycles. The van der Waals surface area contributed by atoms with Gasteiger partial charge in [-0.1, -0.05) is 24.3 Å². The summed E-state index contributed by atoms with van der Waals surface area (Å²) >= 11 is 0. The van der Waals surface area contributed by atoms with Gasteiger partial charge < -0.3 is 15.5 Å². The molecule has 0 atom stereocenters. The van der Waals surface area contributed by atoms with Gasteiger partial charge in [-0.05, 0) is 61.7 Å². The third-order valence-corrected chi connectivity index (χ3v) is 4.74. The summed E-state index contributed by atoms with van der Waals surface area (Å²) in [5.74, 6) is 0.257. The molecule has 0 saturated carbocycles. The number of aliphatic hydroxyl groups is 1. The molecule has 5 heteroatoms. The molecule has 0 aliphatic carbocycles. The standard InChI is InChI=1S/C20H24N2O3/c23-14-16-9-11-22(12-10-16)13-15-5-7-17(8-6-15)20(25)21-18-3-1-2-4-19(18)24/h1-8,16,23-24H,9-14H2,(H,21,25). The first-order valence-electron chi connectivity index (χ1n) is 8.67.